The van der Waals surface area contributed by atoms with Crippen molar-refractivity contribution in [1.29, 1.82) is 0 Å². The average Bonchev–Trinajstić information content (AvgIpc) is 2.83. The second kappa shape index (κ2) is 9.56. The molecule has 29 heavy (non-hydrogen) atoms. The number of rotatable bonds is 7. The average molecular weight is 457 g/mol. The van der Waals surface area contributed by atoms with E-state index in [0.29, 0.717) is 30.1 Å². The number of nitrogens with one attached hydrogen (secondary N) is 1. The summed E-state index contributed by atoms with van der Waals surface area (Å²) < 4.78 is 0.897. The molecule has 7 nitrogen and oxygen atoms in total. The van der Waals surface area contributed by atoms with Crippen LogP contribution < -0.4 is 5.32 Å². The molecule has 2 aromatic rings. The molecule has 1 unspecified atom stereocenters. The topological polar surface area (TPSA) is 104 Å². The van der Waals surface area contributed by atoms with Crippen molar-refractivity contribution < 1.29 is 14.7 Å². The van der Waals surface area contributed by atoms with Crippen molar-refractivity contribution in [3.8, 4) is 0 Å². The number of carboxylic acids is 1. The standard InChI is InChI=1S/C21H21BrN4O3/c1-13(27)12-24-21-18(6-4-7-19(28)29)25-20(17-5-2-3-10-23-17)15-11-14(22)8-9-16(15)26-21/h2-3,5,8-11,18H,4,6-7,12H2,1H3,(H,24,26)(H,28,29). The number of amidine groups is 1. The van der Waals surface area contributed by atoms with Gasteiger partial charge in [0.2, 0.25) is 0 Å². The normalized spacial score (nSPS) is 17.1. The van der Waals surface area contributed by atoms with Crippen LogP contribution in [-0.4, -0.2) is 46.0 Å². The van der Waals surface area contributed by atoms with Gasteiger partial charge in [0.15, 0.2) is 5.78 Å². The van der Waals surface area contributed by atoms with Gasteiger partial charge in [0.05, 0.1) is 18.0 Å². The number of aliphatic imine (C=N–C) groups is 2. The van der Waals surface area contributed by atoms with Gasteiger partial charge in [-0.05, 0) is 50.1 Å². The molecule has 3 rings (SSSR count). The Morgan fingerprint density at radius 2 is 2.10 bits per heavy atom. The summed E-state index contributed by atoms with van der Waals surface area (Å²) in [4.78, 5) is 36.3. The van der Waals surface area contributed by atoms with Crippen LogP contribution in [0.15, 0.2) is 57.1 Å². The molecule has 1 aromatic heterocycles. The van der Waals surface area contributed by atoms with Gasteiger partial charge in [-0.3, -0.25) is 24.6 Å². The molecule has 0 saturated heterocycles. The van der Waals surface area contributed by atoms with Crippen molar-refractivity contribution >= 4 is 44.9 Å². The first-order valence-corrected chi connectivity index (χ1v) is 10.0. The number of aromatic nitrogens is 1. The highest BCUT2D eigenvalue weighted by atomic mass is 79.9. The molecule has 2 heterocycles. The number of pyridine rings is 1. The van der Waals surface area contributed by atoms with Crippen LogP contribution in [0.25, 0.3) is 0 Å². The number of carbonyl (C=O) groups is 2. The van der Waals surface area contributed by atoms with Crippen LogP contribution in [0.5, 0.6) is 0 Å². The van der Waals surface area contributed by atoms with Crippen LogP contribution in [-0.2, 0) is 9.59 Å². The number of carboxylic acid groups (broad SMARTS) is 1. The molecule has 8 heteroatoms. The fourth-order valence-corrected chi connectivity index (χ4v) is 3.39. The van der Waals surface area contributed by atoms with Gasteiger partial charge in [-0.15, -0.1) is 0 Å². The number of Topliss-reactive ketones (excluding diaryl/α,β-unsaturated/α-hetero) is 1. The smallest absolute Gasteiger partial charge is 0.303 e. The van der Waals surface area contributed by atoms with E-state index in [1.807, 2.05) is 36.4 Å². The largest absolute Gasteiger partial charge is 0.481 e. The highest BCUT2D eigenvalue weighted by Gasteiger charge is 2.25. The predicted octanol–water partition coefficient (Wildman–Crippen LogP) is 3.72. The van der Waals surface area contributed by atoms with E-state index in [-0.39, 0.29) is 18.7 Å². The number of anilines is 1. The van der Waals surface area contributed by atoms with Crippen molar-refractivity contribution in [2.75, 3.05) is 11.9 Å². The van der Waals surface area contributed by atoms with Crippen LogP contribution >= 0.6 is 15.9 Å². The summed E-state index contributed by atoms with van der Waals surface area (Å²) >= 11 is 3.51. The van der Waals surface area contributed by atoms with E-state index in [9.17, 15) is 9.59 Å². The SMILES string of the molecule is CC(=O)CN=C1Nc2ccc(Br)cc2C(c2ccccn2)=NC1CCCC(=O)O. The van der Waals surface area contributed by atoms with E-state index in [1.54, 1.807) is 6.20 Å². The monoisotopic (exact) mass is 456 g/mol. The van der Waals surface area contributed by atoms with Gasteiger partial charge >= 0.3 is 5.97 Å². The zero-order valence-electron chi connectivity index (χ0n) is 15.9. The van der Waals surface area contributed by atoms with Crippen molar-refractivity contribution in [3.63, 3.8) is 0 Å². The van der Waals surface area contributed by atoms with E-state index in [2.05, 4.69) is 31.2 Å². The van der Waals surface area contributed by atoms with E-state index in [1.165, 1.54) is 6.92 Å². The molecule has 1 aliphatic rings. The Bertz CT molecular complexity index is 973. The Balaban J connectivity index is 2.09. The molecule has 1 aliphatic heterocycles. The Labute approximate surface area is 177 Å². The first kappa shape index (κ1) is 20.9. The lowest BCUT2D eigenvalue weighted by Gasteiger charge is -2.15. The third-order valence-electron chi connectivity index (χ3n) is 4.35. The highest BCUT2D eigenvalue weighted by molar-refractivity contribution is 9.10. The zero-order chi connectivity index (χ0) is 20.8. The molecule has 150 valence electrons. The number of aliphatic carboxylic acids is 1. The Morgan fingerprint density at radius 3 is 2.79 bits per heavy atom. The van der Waals surface area contributed by atoms with Gasteiger partial charge in [0.25, 0.3) is 0 Å². The molecular formula is C21H21BrN4O3. The van der Waals surface area contributed by atoms with Gasteiger partial charge < -0.3 is 10.4 Å². The Hall–Kier alpha value is -2.87. The molecule has 1 atom stereocenters. The van der Waals surface area contributed by atoms with Crippen LogP contribution in [0.1, 0.15) is 37.4 Å². The lowest BCUT2D eigenvalue weighted by atomic mass is 10.0. The summed E-state index contributed by atoms with van der Waals surface area (Å²) in [6.07, 6.45) is 2.68. The lowest BCUT2D eigenvalue weighted by Crippen LogP contribution is -2.27. The van der Waals surface area contributed by atoms with E-state index in [4.69, 9.17) is 10.1 Å². The number of nitrogens with zero attached hydrogens (tertiary/aromatic N) is 3. The van der Waals surface area contributed by atoms with Gasteiger partial charge in [0.1, 0.15) is 11.9 Å². The number of hydrogen-bond acceptors (Lipinski definition) is 5. The summed E-state index contributed by atoms with van der Waals surface area (Å²) in [5.41, 5.74) is 3.07. The van der Waals surface area contributed by atoms with Gasteiger partial charge in [-0.2, -0.15) is 0 Å². The molecule has 1 aromatic carbocycles. The van der Waals surface area contributed by atoms with Crippen LogP contribution in [0.3, 0.4) is 0 Å². The highest BCUT2D eigenvalue weighted by Crippen LogP contribution is 2.28. The summed E-state index contributed by atoms with van der Waals surface area (Å²) in [6.45, 7) is 1.52. The van der Waals surface area contributed by atoms with Crippen molar-refractivity contribution in [2.24, 2.45) is 9.98 Å². The fraction of sp³-hybridized carbons (Fsp3) is 0.286. The Kier molecular flexibility index (Phi) is 6.87. The summed E-state index contributed by atoms with van der Waals surface area (Å²) in [5.74, 6) is -0.354. The number of fused-ring (bicyclic) bond motifs is 1. The second-order valence-corrected chi connectivity index (χ2v) is 7.63. The van der Waals surface area contributed by atoms with Crippen LogP contribution in [0.4, 0.5) is 5.69 Å². The van der Waals surface area contributed by atoms with Gasteiger partial charge in [-0.1, -0.05) is 22.0 Å². The number of halogens is 1. The van der Waals surface area contributed by atoms with Crippen molar-refractivity contribution in [2.45, 2.75) is 32.2 Å². The predicted molar refractivity (Wildman–Crippen MR) is 116 cm³/mol. The fourth-order valence-electron chi connectivity index (χ4n) is 3.03. The third-order valence-corrected chi connectivity index (χ3v) is 4.84. The molecule has 0 spiro atoms. The van der Waals surface area contributed by atoms with Crippen LogP contribution in [0, 0.1) is 0 Å². The van der Waals surface area contributed by atoms with Gasteiger partial charge in [-0.25, -0.2) is 0 Å². The minimum absolute atomic E-state index is 0.0397. The number of benzodiazepines with no additional fused rings is 1. The minimum atomic E-state index is -0.852. The third kappa shape index (κ3) is 5.57. The lowest BCUT2D eigenvalue weighted by molar-refractivity contribution is -0.137. The molecule has 0 bridgehead atoms. The molecular weight excluding hydrogens is 436 g/mol. The minimum Gasteiger partial charge on any atom is -0.481 e. The van der Waals surface area contributed by atoms with Crippen LogP contribution in [0.2, 0.25) is 0 Å². The quantitative estimate of drug-likeness (QED) is 0.660. The van der Waals surface area contributed by atoms with Crippen molar-refractivity contribution in [3.05, 3.63) is 58.3 Å². The first-order chi connectivity index (χ1) is 13.9. The number of ketones is 1. The number of hydrogen-bond donors (Lipinski definition) is 2. The summed E-state index contributed by atoms with van der Waals surface area (Å²) in [5, 5.41) is 12.3. The number of carbonyl (C=O) groups excluding carboxylic acids is 1. The second-order valence-electron chi connectivity index (χ2n) is 6.71. The summed E-state index contributed by atoms with van der Waals surface area (Å²) in [6, 6.07) is 11.0. The molecule has 0 saturated carbocycles. The molecule has 0 radical (unpaired) electrons. The summed E-state index contributed by atoms with van der Waals surface area (Å²) in [7, 11) is 0. The number of benzene rings is 1. The van der Waals surface area contributed by atoms with Crippen molar-refractivity contribution in [1.82, 2.24) is 4.98 Å². The zero-order valence-corrected chi connectivity index (χ0v) is 17.5. The maximum Gasteiger partial charge on any atom is 0.303 e. The van der Waals surface area contributed by atoms with E-state index in [0.717, 1.165) is 15.7 Å². The first-order valence-electron chi connectivity index (χ1n) is 9.26. The molecule has 0 fully saturated rings. The molecule has 0 amide bonds. The maximum absolute atomic E-state index is 11.5. The van der Waals surface area contributed by atoms with E-state index >= 15 is 0 Å². The molecule has 0 aliphatic carbocycles. The van der Waals surface area contributed by atoms with E-state index < -0.39 is 12.0 Å². The maximum atomic E-state index is 11.5. The van der Waals surface area contributed by atoms with Gasteiger partial charge in [0, 0.05) is 28.3 Å². The molecule has 2 N–H and O–H groups in total. The Morgan fingerprint density at radius 1 is 1.28 bits per heavy atom.